The number of nitrogens with zero attached hydrogens (tertiary/aromatic N) is 1. The van der Waals surface area contributed by atoms with Gasteiger partial charge in [0.2, 0.25) is 0 Å². The standard InChI is InChI=1S/C19H16F2N2O2/c20-19(21)25-16-10-6-9-15(13-16)22-18(24)17(23-11-4-5-12-23)14-7-2-1-3-8-14/h1-13,17,19H,(H,22,24)/t17-/m0/s1. The van der Waals surface area contributed by atoms with E-state index in [-0.39, 0.29) is 11.7 Å². The Kier molecular flexibility index (Phi) is 5.09. The third-order valence-electron chi connectivity index (χ3n) is 3.62. The molecule has 0 saturated carbocycles. The largest absolute Gasteiger partial charge is 0.435 e. The molecule has 1 heterocycles. The number of carbonyl (C=O) groups is 1. The van der Waals surface area contributed by atoms with Crippen LogP contribution in [0.1, 0.15) is 11.6 Å². The first-order chi connectivity index (χ1) is 12.1. The molecule has 128 valence electrons. The van der Waals surface area contributed by atoms with E-state index in [1.165, 1.54) is 12.1 Å². The topological polar surface area (TPSA) is 43.3 Å². The maximum atomic E-state index is 12.8. The lowest BCUT2D eigenvalue weighted by atomic mass is 10.1. The van der Waals surface area contributed by atoms with Crippen LogP contribution in [0.4, 0.5) is 14.5 Å². The molecule has 1 aromatic heterocycles. The Morgan fingerprint density at radius 1 is 0.960 bits per heavy atom. The van der Waals surface area contributed by atoms with Crippen molar-refractivity contribution in [3.8, 4) is 5.75 Å². The van der Waals surface area contributed by atoms with Crippen molar-refractivity contribution in [2.45, 2.75) is 12.7 Å². The second-order valence-electron chi connectivity index (χ2n) is 5.34. The highest BCUT2D eigenvalue weighted by Gasteiger charge is 2.22. The minimum absolute atomic E-state index is 0.00924. The van der Waals surface area contributed by atoms with Gasteiger partial charge in [0.1, 0.15) is 11.8 Å². The Morgan fingerprint density at radius 2 is 1.68 bits per heavy atom. The van der Waals surface area contributed by atoms with E-state index in [9.17, 15) is 13.6 Å². The molecule has 1 N–H and O–H groups in total. The van der Waals surface area contributed by atoms with Gasteiger partial charge in [0.15, 0.2) is 0 Å². The second kappa shape index (κ2) is 7.61. The molecular formula is C19H16F2N2O2. The highest BCUT2D eigenvalue weighted by atomic mass is 19.3. The Bertz CT molecular complexity index is 820. The fourth-order valence-corrected chi connectivity index (χ4v) is 2.57. The summed E-state index contributed by atoms with van der Waals surface area (Å²) in [7, 11) is 0. The van der Waals surface area contributed by atoms with Crippen LogP contribution < -0.4 is 10.1 Å². The lowest BCUT2D eigenvalue weighted by Crippen LogP contribution is -2.26. The number of ether oxygens (including phenoxy) is 1. The normalized spacial score (nSPS) is 12.0. The van der Waals surface area contributed by atoms with E-state index in [4.69, 9.17) is 0 Å². The molecule has 0 aliphatic heterocycles. The van der Waals surface area contributed by atoms with Crippen LogP contribution in [-0.2, 0) is 4.79 Å². The second-order valence-corrected chi connectivity index (χ2v) is 5.34. The quantitative estimate of drug-likeness (QED) is 0.725. The maximum absolute atomic E-state index is 12.8. The zero-order valence-electron chi connectivity index (χ0n) is 13.2. The van der Waals surface area contributed by atoms with Crippen molar-refractivity contribution in [3.05, 3.63) is 84.7 Å². The van der Waals surface area contributed by atoms with Crippen LogP contribution in [0, 0.1) is 0 Å². The summed E-state index contributed by atoms with van der Waals surface area (Å²) in [4.78, 5) is 12.8. The van der Waals surface area contributed by atoms with E-state index in [0.717, 1.165) is 5.56 Å². The average molecular weight is 342 g/mol. The fraction of sp³-hybridized carbons (Fsp3) is 0.105. The van der Waals surface area contributed by atoms with Crippen LogP contribution in [0.25, 0.3) is 0 Å². The zero-order valence-corrected chi connectivity index (χ0v) is 13.2. The Morgan fingerprint density at radius 3 is 2.36 bits per heavy atom. The van der Waals surface area contributed by atoms with Gasteiger partial charge in [0.05, 0.1) is 0 Å². The predicted molar refractivity (Wildman–Crippen MR) is 90.7 cm³/mol. The summed E-state index contributed by atoms with van der Waals surface area (Å²) in [6.45, 7) is -2.91. The molecule has 0 aliphatic rings. The lowest BCUT2D eigenvalue weighted by molar-refractivity contribution is -0.118. The summed E-state index contributed by atoms with van der Waals surface area (Å²) >= 11 is 0. The number of nitrogens with one attached hydrogen (secondary N) is 1. The van der Waals surface area contributed by atoms with Gasteiger partial charge in [0, 0.05) is 24.1 Å². The summed E-state index contributed by atoms with van der Waals surface area (Å²) in [5.41, 5.74) is 1.20. The van der Waals surface area contributed by atoms with Gasteiger partial charge < -0.3 is 14.6 Å². The number of hydrogen-bond acceptors (Lipinski definition) is 2. The number of rotatable bonds is 6. The highest BCUT2D eigenvalue weighted by molar-refractivity contribution is 5.96. The van der Waals surface area contributed by atoms with Crippen molar-refractivity contribution in [1.82, 2.24) is 4.57 Å². The summed E-state index contributed by atoms with van der Waals surface area (Å²) in [5, 5.41) is 2.76. The van der Waals surface area contributed by atoms with Gasteiger partial charge in [-0.25, -0.2) is 0 Å². The molecule has 1 amide bonds. The molecule has 0 saturated heterocycles. The van der Waals surface area contributed by atoms with Gasteiger partial charge in [-0.15, -0.1) is 0 Å². The molecule has 0 aliphatic carbocycles. The molecule has 0 fully saturated rings. The molecule has 0 bridgehead atoms. The Hall–Kier alpha value is -3.15. The van der Waals surface area contributed by atoms with Crippen LogP contribution in [0.15, 0.2) is 79.1 Å². The number of aromatic nitrogens is 1. The minimum atomic E-state index is -2.91. The van der Waals surface area contributed by atoms with E-state index >= 15 is 0 Å². The Balaban J connectivity index is 1.84. The number of halogens is 2. The third kappa shape index (κ3) is 4.23. The van der Waals surface area contributed by atoms with Crippen molar-refractivity contribution in [2.75, 3.05) is 5.32 Å². The van der Waals surface area contributed by atoms with E-state index in [1.54, 1.807) is 29.1 Å². The molecular weight excluding hydrogens is 326 g/mol. The molecule has 0 unspecified atom stereocenters. The summed E-state index contributed by atoms with van der Waals surface area (Å²) < 4.78 is 30.8. The van der Waals surface area contributed by atoms with Crippen molar-refractivity contribution >= 4 is 11.6 Å². The first-order valence-corrected chi connectivity index (χ1v) is 7.66. The molecule has 4 nitrogen and oxygen atoms in total. The van der Waals surface area contributed by atoms with Crippen molar-refractivity contribution < 1.29 is 18.3 Å². The monoisotopic (exact) mass is 342 g/mol. The van der Waals surface area contributed by atoms with Gasteiger partial charge in [-0.1, -0.05) is 36.4 Å². The van der Waals surface area contributed by atoms with Crippen molar-refractivity contribution in [1.29, 1.82) is 0 Å². The number of alkyl halides is 2. The lowest BCUT2D eigenvalue weighted by Gasteiger charge is -2.19. The van der Waals surface area contributed by atoms with Gasteiger partial charge >= 0.3 is 6.61 Å². The predicted octanol–water partition coefficient (Wildman–Crippen LogP) is 4.32. The average Bonchev–Trinajstić information content (AvgIpc) is 3.10. The van der Waals surface area contributed by atoms with E-state index < -0.39 is 12.7 Å². The highest BCUT2D eigenvalue weighted by Crippen LogP contribution is 2.23. The first kappa shape index (κ1) is 16.7. The van der Waals surface area contributed by atoms with Gasteiger partial charge in [-0.05, 0) is 29.8 Å². The van der Waals surface area contributed by atoms with Crippen LogP contribution >= 0.6 is 0 Å². The summed E-state index contributed by atoms with van der Waals surface area (Å²) in [5.74, 6) is -0.290. The van der Waals surface area contributed by atoms with Crippen LogP contribution in [0.3, 0.4) is 0 Å². The maximum Gasteiger partial charge on any atom is 0.387 e. The van der Waals surface area contributed by atoms with Crippen LogP contribution in [0.2, 0.25) is 0 Å². The molecule has 25 heavy (non-hydrogen) atoms. The number of amides is 1. The summed E-state index contributed by atoms with van der Waals surface area (Å²) in [6.07, 6.45) is 3.60. The van der Waals surface area contributed by atoms with Gasteiger partial charge in [-0.3, -0.25) is 4.79 Å². The number of carbonyl (C=O) groups excluding carboxylic acids is 1. The SMILES string of the molecule is O=C(Nc1cccc(OC(F)F)c1)[C@H](c1ccccc1)n1cccc1. The van der Waals surface area contributed by atoms with Crippen molar-refractivity contribution in [3.63, 3.8) is 0 Å². The third-order valence-corrected chi connectivity index (χ3v) is 3.62. The fourth-order valence-electron chi connectivity index (χ4n) is 2.57. The van der Waals surface area contributed by atoms with E-state index in [1.807, 2.05) is 42.5 Å². The van der Waals surface area contributed by atoms with Crippen LogP contribution in [-0.4, -0.2) is 17.1 Å². The molecule has 0 radical (unpaired) electrons. The van der Waals surface area contributed by atoms with E-state index in [0.29, 0.717) is 5.69 Å². The van der Waals surface area contributed by atoms with Gasteiger partial charge in [-0.2, -0.15) is 8.78 Å². The van der Waals surface area contributed by atoms with E-state index in [2.05, 4.69) is 10.1 Å². The minimum Gasteiger partial charge on any atom is -0.435 e. The van der Waals surface area contributed by atoms with Gasteiger partial charge in [0.25, 0.3) is 5.91 Å². The molecule has 6 heteroatoms. The number of benzene rings is 2. The molecule has 3 aromatic rings. The first-order valence-electron chi connectivity index (χ1n) is 7.66. The summed E-state index contributed by atoms with van der Waals surface area (Å²) in [6, 6.07) is 18.3. The molecule has 3 rings (SSSR count). The molecule has 2 aromatic carbocycles. The molecule has 0 spiro atoms. The smallest absolute Gasteiger partial charge is 0.387 e. The number of anilines is 1. The molecule has 1 atom stereocenters. The Labute approximate surface area is 143 Å². The number of hydrogen-bond donors (Lipinski definition) is 1. The van der Waals surface area contributed by atoms with Crippen molar-refractivity contribution in [2.24, 2.45) is 0 Å². The zero-order chi connectivity index (χ0) is 17.6. The van der Waals surface area contributed by atoms with Crippen LogP contribution in [0.5, 0.6) is 5.75 Å².